The van der Waals surface area contributed by atoms with Gasteiger partial charge in [0.25, 0.3) is 0 Å². The third-order valence-corrected chi connectivity index (χ3v) is 1.62. The van der Waals surface area contributed by atoms with Crippen molar-refractivity contribution in [2.75, 3.05) is 0 Å². The van der Waals surface area contributed by atoms with Crippen molar-refractivity contribution in [3.63, 3.8) is 0 Å². The predicted molar refractivity (Wildman–Crippen MR) is 29.6 cm³/mol. The fourth-order valence-electron chi connectivity index (χ4n) is 0.815. The number of hydrogen-bond acceptors (Lipinski definition) is 1. The molecule has 1 aliphatic rings. The quantitative estimate of drug-likeness (QED) is 0.530. The number of halogens is 5. The van der Waals surface area contributed by atoms with Gasteiger partial charge in [-0.15, -0.1) is 0 Å². The summed E-state index contributed by atoms with van der Waals surface area (Å²) in [4.78, 5) is 0. The molecule has 1 saturated heterocycles. The first kappa shape index (κ1) is 9.28. The predicted octanol–water partition coefficient (Wildman–Crippen LogP) is 2.49. The van der Waals surface area contributed by atoms with Crippen LogP contribution in [-0.2, 0) is 4.74 Å². The zero-order valence-electron chi connectivity index (χ0n) is 6.01. The number of hydrogen-bond donors (Lipinski definition) is 0. The van der Waals surface area contributed by atoms with Gasteiger partial charge in [-0.25, -0.2) is 0 Å². The summed E-state index contributed by atoms with van der Waals surface area (Å²) >= 11 is 0. The molecule has 1 unspecified atom stereocenters. The molecule has 0 spiro atoms. The molecule has 0 amide bonds. The highest BCUT2D eigenvalue weighted by Gasteiger charge is 2.77. The first-order valence-electron chi connectivity index (χ1n) is 2.96. The fraction of sp³-hybridized carbons (Fsp3) is 0.667. The van der Waals surface area contributed by atoms with Crippen molar-refractivity contribution in [2.45, 2.75) is 24.6 Å². The maximum absolute atomic E-state index is 12.6. The van der Waals surface area contributed by atoms with Crippen LogP contribution in [0.1, 0.15) is 6.92 Å². The molecule has 0 saturated carbocycles. The smallest absolute Gasteiger partial charge is 0.385 e. The Balaban J connectivity index is 3.19. The van der Waals surface area contributed by atoms with Gasteiger partial charge < -0.3 is 4.74 Å². The lowest BCUT2D eigenvalue weighted by Crippen LogP contribution is -2.47. The topological polar surface area (TPSA) is 9.23 Å². The van der Waals surface area contributed by atoms with Gasteiger partial charge in [-0.1, -0.05) is 6.58 Å². The van der Waals surface area contributed by atoms with Crippen LogP contribution in [0.5, 0.6) is 0 Å². The summed E-state index contributed by atoms with van der Waals surface area (Å²) in [5.74, 6) is -14.7. The molecule has 1 heterocycles. The van der Waals surface area contributed by atoms with Crippen LogP contribution in [0.3, 0.4) is 0 Å². The molecule has 70 valence electrons. The van der Waals surface area contributed by atoms with Crippen molar-refractivity contribution in [2.24, 2.45) is 0 Å². The van der Waals surface area contributed by atoms with Crippen molar-refractivity contribution in [3.8, 4) is 0 Å². The molecule has 1 aliphatic heterocycles. The van der Waals surface area contributed by atoms with Crippen LogP contribution in [0.15, 0.2) is 12.3 Å². The summed E-state index contributed by atoms with van der Waals surface area (Å²) in [5.41, 5.74) is 0. The number of rotatable bonds is 0. The molecule has 1 atom stereocenters. The summed E-state index contributed by atoms with van der Waals surface area (Å²) in [6, 6.07) is 0. The summed E-state index contributed by atoms with van der Waals surface area (Å²) in [6.07, 6.45) is 0. The van der Waals surface area contributed by atoms with E-state index in [9.17, 15) is 22.0 Å². The molecule has 0 bridgehead atoms. The molecule has 0 aromatic carbocycles. The standard InChI is InChI=1S/C6H5F5O/c1-3-5(8,9)6(10,11)4(2,7)12-3/h1H2,2H3. The zero-order chi connectivity index (χ0) is 9.78. The molecule has 12 heavy (non-hydrogen) atoms. The van der Waals surface area contributed by atoms with E-state index < -0.39 is 23.5 Å². The average molecular weight is 188 g/mol. The minimum atomic E-state index is -4.86. The first-order chi connectivity index (χ1) is 5.13. The van der Waals surface area contributed by atoms with E-state index in [1.165, 1.54) is 0 Å². The molecule has 1 nitrogen and oxygen atoms in total. The van der Waals surface area contributed by atoms with Gasteiger partial charge in [-0.3, -0.25) is 0 Å². The van der Waals surface area contributed by atoms with Crippen LogP contribution < -0.4 is 0 Å². The van der Waals surface area contributed by atoms with Gasteiger partial charge in [-0.05, 0) is 0 Å². The monoisotopic (exact) mass is 188 g/mol. The Morgan fingerprint density at radius 1 is 1.17 bits per heavy atom. The highest BCUT2D eigenvalue weighted by molar-refractivity contribution is 5.18. The number of ether oxygens (including phenoxy) is 1. The molecule has 0 N–H and O–H groups in total. The van der Waals surface area contributed by atoms with E-state index in [0.717, 1.165) is 0 Å². The van der Waals surface area contributed by atoms with Crippen molar-refractivity contribution < 1.29 is 26.7 Å². The van der Waals surface area contributed by atoms with E-state index in [-0.39, 0.29) is 6.92 Å². The summed E-state index contributed by atoms with van der Waals surface area (Å²) < 4.78 is 65.9. The van der Waals surface area contributed by atoms with Gasteiger partial charge in [0.1, 0.15) is 0 Å². The molecular formula is C6H5F5O. The van der Waals surface area contributed by atoms with Crippen molar-refractivity contribution in [1.82, 2.24) is 0 Å². The Morgan fingerprint density at radius 3 is 1.67 bits per heavy atom. The molecule has 1 rings (SSSR count). The van der Waals surface area contributed by atoms with Crippen LogP contribution in [0.4, 0.5) is 22.0 Å². The van der Waals surface area contributed by atoms with E-state index in [4.69, 9.17) is 0 Å². The molecule has 0 aromatic rings. The largest absolute Gasteiger partial charge is 0.451 e. The maximum atomic E-state index is 12.6. The first-order valence-corrected chi connectivity index (χ1v) is 2.96. The summed E-state index contributed by atoms with van der Waals surface area (Å²) in [6.45, 7) is 2.74. The Bertz CT molecular complexity index is 232. The van der Waals surface area contributed by atoms with Gasteiger partial charge in [0.05, 0.1) is 0 Å². The van der Waals surface area contributed by atoms with E-state index >= 15 is 0 Å². The van der Waals surface area contributed by atoms with Gasteiger partial charge >= 0.3 is 17.7 Å². The second-order valence-electron chi connectivity index (χ2n) is 2.59. The molecule has 6 heteroatoms. The second kappa shape index (κ2) is 1.92. The Hall–Kier alpha value is -0.810. The van der Waals surface area contributed by atoms with Crippen LogP contribution >= 0.6 is 0 Å². The van der Waals surface area contributed by atoms with E-state index in [1.54, 1.807) is 0 Å². The fourth-order valence-corrected chi connectivity index (χ4v) is 0.815. The average Bonchev–Trinajstić information content (AvgIpc) is 1.92. The van der Waals surface area contributed by atoms with Crippen molar-refractivity contribution >= 4 is 0 Å². The normalized spacial score (nSPS) is 38.0. The van der Waals surface area contributed by atoms with Crippen LogP contribution in [0, 0.1) is 0 Å². The Morgan fingerprint density at radius 2 is 1.58 bits per heavy atom. The van der Waals surface area contributed by atoms with Gasteiger partial charge in [0.2, 0.25) is 0 Å². The molecule has 0 radical (unpaired) electrons. The third-order valence-electron chi connectivity index (χ3n) is 1.62. The number of allylic oxidation sites excluding steroid dienone is 1. The second-order valence-corrected chi connectivity index (χ2v) is 2.59. The van der Waals surface area contributed by atoms with E-state index in [0.29, 0.717) is 0 Å². The Kier molecular flexibility index (Phi) is 1.48. The minimum absolute atomic E-state index is 0.235. The van der Waals surface area contributed by atoms with E-state index in [1.807, 2.05) is 0 Å². The highest BCUT2D eigenvalue weighted by atomic mass is 19.3. The molecule has 1 fully saturated rings. The van der Waals surface area contributed by atoms with Gasteiger partial charge in [0.15, 0.2) is 5.76 Å². The van der Waals surface area contributed by atoms with E-state index in [2.05, 4.69) is 11.3 Å². The number of alkyl halides is 5. The van der Waals surface area contributed by atoms with Gasteiger partial charge in [-0.2, -0.15) is 22.0 Å². The van der Waals surface area contributed by atoms with Crippen molar-refractivity contribution in [3.05, 3.63) is 12.3 Å². The lowest BCUT2D eigenvalue weighted by molar-refractivity contribution is -0.257. The van der Waals surface area contributed by atoms with Gasteiger partial charge in [0, 0.05) is 6.92 Å². The van der Waals surface area contributed by atoms with Crippen molar-refractivity contribution in [1.29, 1.82) is 0 Å². The maximum Gasteiger partial charge on any atom is 0.385 e. The molecular weight excluding hydrogens is 183 g/mol. The summed E-state index contributed by atoms with van der Waals surface area (Å²) in [7, 11) is 0. The van der Waals surface area contributed by atoms with Crippen LogP contribution in [-0.4, -0.2) is 17.7 Å². The summed E-state index contributed by atoms with van der Waals surface area (Å²) in [5, 5.41) is 0. The molecule has 0 aliphatic carbocycles. The third kappa shape index (κ3) is 0.776. The minimum Gasteiger partial charge on any atom is -0.451 e. The highest BCUT2D eigenvalue weighted by Crippen LogP contribution is 2.55. The SMILES string of the molecule is C=C1OC(C)(F)C(F)(F)C1(F)F. The van der Waals surface area contributed by atoms with Crippen LogP contribution in [0.25, 0.3) is 0 Å². The lowest BCUT2D eigenvalue weighted by atomic mass is 10.1. The zero-order valence-corrected chi connectivity index (χ0v) is 6.01. The lowest BCUT2D eigenvalue weighted by Gasteiger charge is -2.21. The molecule has 0 aromatic heterocycles. The van der Waals surface area contributed by atoms with Crippen LogP contribution in [0.2, 0.25) is 0 Å². The Labute approximate surface area is 64.8 Å².